The SMILES string of the molecule is Brc1cnc(Oc2cccnc2)c(Br)c1. The van der Waals surface area contributed by atoms with E-state index in [9.17, 15) is 0 Å². The first-order chi connectivity index (χ1) is 7.25. The molecule has 0 atom stereocenters. The monoisotopic (exact) mass is 328 g/mol. The van der Waals surface area contributed by atoms with Gasteiger partial charge in [0.05, 0.1) is 10.7 Å². The second kappa shape index (κ2) is 4.72. The summed E-state index contributed by atoms with van der Waals surface area (Å²) in [6, 6.07) is 5.50. The number of hydrogen-bond acceptors (Lipinski definition) is 3. The Bertz CT molecular complexity index is 462. The summed E-state index contributed by atoms with van der Waals surface area (Å²) in [5, 5.41) is 0. The average molecular weight is 330 g/mol. The average Bonchev–Trinajstić information content (AvgIpc) is 2.24. The Morgan fingerprint density at radius 1 is 1.20 bits per heavy atom. The van der Waals surface area contributed by atoms with Gasteiger partial charge < -0.3 is 4.74 Å². The van der Waals surface area contributed by atoms with Crippen LogP contribution in [-0.4, -0.2) is 9.97 Å². The van der Waals surface area contributed by atoms with E-state index in [0.717, 1.165) is 8.95 Å². The maximum atomic E-state index is 5.52. The number of aromatic nitrogens is 2. The third-order valence-corrected chi connectivity index (χ3v) is 2.62. The Labute approximate surface area is 104 Å². The molecule has 0 spiro atoms. The summed E-state index contributed by atoms with van der Waals surface area (Å²) < 4.78 is 7.21. The van der Waals surface area contributed by atoms with Crippen molar-refractivity contribution in [1.29, 1.82) is 0 Å². The Morgan fingerprint density at radius 3 is 2.73 bits per heavy atom. The van der Waals surface area contributed by atoms with Crippen molar-refractivity contribution in [2.75, 3.05) is 0 Å². The van der Waals surface area contributed by atoms with Gasteiger partial charge >= 0.3 is 0 Å². The van der Waals surface area contributed by atoms with Crippen LogP contribution in [0.25, 0.3) is 0 Å². The highest BCUT2D eigenvalue weighted by molar-refractivity contribution is 9.11. The number of rotatable bonds is 2. The zero-order valence-electron chi connectivity index (χ0n) is 7.52. The highest BCUT2D eigenvalue weighted by Crippen LogP contribution is 2.28. The van der Waals surface area contributed by atoms with E-state index in [0.29, 0.717) is 11.6 Å². The van der Waals surface area contributed by atoms with Gasteiger partial charge in [0.15, 0.2) is 0 Å². The lowest BCUT2D eigenvalue weighted by molar-refractivity contribution is 0.457. The first-order valence-corrected chi connectivity index (χ1v) is 5.73. The minimum absolute atomic E-state index is 0.520. The van der Waals surface area contributed by atoms with Gasteiger partial charge in [0, 0.05) is 16.9 Å². The Hall–Kier alpha value is -0.940. The molecule has 2 aromatic heterocycles. The van der Waals surface area contributed by atoms with Crippen molar-refractivity contribution in [3.63, 3.8) is 0 Å². The topological polar surface area (TPSA) is 35.0 Å². The quantitative estimate of drug-likeness (QED) is 0.840. The van der Waals surface area contributed by atoms with E-state index in [1.54, 1.807) is 18.6 Å². The van der Waals surface area contributed by atoms with Crippen LogP contribution in [0.15, 0.2) is 45.7 Å². The van der Waals surface area contributed by atoms with Crippen LogP contribution in [0.1, 0.15) is 0 Å². The maximum Gasteiger partial charge on any atom is 0.233 e. The smallest absolute Gasteiger partial charge is 0.233 e. The van der Waals surface area contributed by atoms with Crippen molar-refractivity contribution in [3.8, 4) is 11.6 Å². The molecule has 0 saturated heterocycles. The molecule has 0 unspecified atom stereocenters. The van der Waals surface area contributed by atoms with Gasteiger partial charge in [-0.15, -0.1) is 0 Å². The van der Waals surface area contributed by atoms with Crippen molar-refractivity contribution < 1.29 is 4.74 Å². The van der Waals surface area contributed by atoms with Gasteiger partial charge in [0.2, 0.25) is 5.88 Å². The maximum absolute atomic E-state index is 5.52. The van der Waals surface area contributed by atoms with E-state index in [-0.39, 0.29) is 0 Å². The molecule has 0 aliphatic heterocycles. The first-order valence-electron chi connectivity index (χ1n) is 4.14. The van der Waals surface area contributed by atoms with E-state index in [4.69, 9.17) is 4.74 Å². The van der Waals surface area contributed by atoms with Crippen molar-refractivity contribution in [1.82, 2.24) is 9.97 Å². The van der Waals surface area contributed by atoms with E-state index < -0.39 is 0 Å². The fourth-order valence-corrected chi connectivity index (χ4v) is 2.06. The van der Waals surface area contributed by atoms with Crippen LogP contribution in [0.4, 0.5) is 0 Å². The van der Waals surface area contributed by atoms with Crippen molar-refractivity contribution in [2.45, 2.75) is 0 Å². The van der Waals surface area contributed by atoms with E-state index in [1.165, 1.54) is 0 Å². The first kappa shape index (κ1) is 10.6. The fourth-order valence-electron chi connectivity index (χ4n) is 0.996. The second-order valence-electron chi connectivity index (χ2n) is 2.73. The third-order valence-electron chi connectivity index (χ3n) is 1.62. The highest BCUT2D eigenvalue weighted by Gasteiger charge is 2.04. The van der Waals surface area contributed by atoms with Gasteiger partial charge in [0.1, 0.15) is 5.75 Å². The van der Waals surface area contributed by atoms with E-state index in [1.807, 2.05) is 18.2 Å². The van der Waals surface area contributed by atoms with E-state index in [2.05, 4.69) is 41.8 Å². The van der Waals surface area contributed by atoms with Crippen LogP contribution in [0.3, 0.4) is 0 Å². The summed E-state index contributed by atoms with van der Waals surface area (Å²) in [7, 11) is 0. The van der Waals surface area contributed by atoms with Crippen LogP contribution < -0.4 is 4.74 Å². The van der Waals surface area contributed by atoms with Crippen molar-refractivity contribution >= 4 is 31.9 Å². The molecule has 0 aliphatic carbocycles. The number of pyridine rings is 2. The molecule has 3 nitrogen and oxygen atoms in total. The van der Waals surface area contributed by atoms with Gasteiger partial charge in [-0.2, -0.15) is 0 Å². The van der Waals surface area contributed by atoms with E-state index >= 15 is 0 Å². The number of hydrogen-bond donors (Lipinski definition) is 0. The lowest BCUT2D eigenvalue weighted by Crippen LogP contribution is -1.89. The molecular formula is C10H6Br2N2O. The molecule has 0 bridgehead atoms. The predicted octanol–water partition coefficient (Wildman–Crippen LogP) is 3.79. The second-order valence-corrected chi connectivity index (χ2v) is 4.50. The van der Waals surface area contributed by atoms with Crippen LogP contribution in [0.2, 0.25) is 0 Å². The lowest BCUT2D eigenvalue weighted by atomic mass is 10.4. The van der Waals surface area contributed by atoms with Crippen LogP contribution in [-0.2, 0) is 0 Å². The standard InChI is InChI=1S/C10H6Br2N2O/c11-7-4-9(12)10(14-5-7)15-8-2-1-3-13-6-8/h1-6H. The zero-order valence-corrected chi connectivity index (χ0v) is 10.7. The Balaban J connectivity index is 2.25. The summed E-state index contributed by atoms with van der Waals surface area (Å²) in [6.07, 6.45) is 5.00. The fraction of sp³-hybridized carbons (Fsp3) is 0. The molecule has 15 heavy (non-hydrogen) atoms. The van der Waals surface area contributed by atoms with Crippen molar-refractivity contribution in [2.24, 2.45) is 0 Å². The molecule has 0 aromatic carbocycles. The molecule has 2 rings (SSSR count). The number of ether oxygens (including phenoxy) is 1. The summed E-state index contributed by atoms with van der Waals surface area (Å²) >= 11 is 6.69. The van der Waals surface area contributed by atoms with Gasteiger partial charge in [-0.25, -0.2) is 4.98 Å². The van der Waals surface area contributed by atoms with Gasteiger partial charge in [0.25, 0.3) is 0 Å². The molecule has 0 aliphatic rings. The molecule has 0 radical (unpaired) electrons. The van der Waals surface area contributed by atoms with Gasteiger partial charge in [-0.1, -0.05) is 0 Å². The van der Waals surface area contributed by atoms with Crippen LogP contribution in [0, 0.1) is 0 Å². The number of halogens is 2. The molecule has 5 heteroatoms. The molecule has 0 amide bonds. The Morgan fingerprint density at radius 2 is 2.07 bits per heavy atom. The zero-order chi connectivity index (χ0) is 10.7. The summed E-state index contributed by atoms with van der Waals surface area (Å²) in [5.41, 5.74) is 0. The lowest BCUT2D eigenvalue weighted by Gasteiger charge is -2.05. The largest absolute Gasteiger partial charge is 0.436 e. The molecule has 0 N–H and O–H groups in total. The molecule has 0 fully saturated rings. The summed E-state index contributed by atoms with van der Waals surface area (Å²) in [6.45, 7) is 0. The Kier molecular flexibility index (Phi) is 3.33. The van der Waals surface area contributed by atoms with Crippen molar-refractivity contribution in [3.05, 3.63) is 45.7 Å². The number of nitrogens with zero attached hydrogens (tertiary/aromatic N) is 2. The third kappa shape index (κ3) is 2.76. The summed E-state index contributed by atoms with van der Waals surface area (Å²) in [5.74, 6) is 1.18. The highest BCUT2D eigenvalue weighted by atomic mass is 79.9. The minimum atomic E-state index is 0.520. The van der Waals surface area contributed by atoms with Gasteiger partial charge in [-0.05, 0) is 50.1 Å². The minimum Gasteiger partial charge on any atom is -0.436 e. The predicted molar refractivity (Wildman–Crippen MR) is 63.9 cm³/mol. The molecule has 2 aromatic rings. The molecular weight excluding hydrogens is 324 g/mol. The van der Waals surface area contributed by atoms with Crippen LogP contribution in [0.5, 0.6) is 11.6 Å². The molecule has 76 valence electrons. The molecule has 2 heterocycles. The van der Waals surface area contributed by atoms with Crippen LogP contribution >= 0.6 is 31.9 Å². The molecule has 0 saturated carbocycles. The van der Waals surface area contributed by atoms with Gasteiger partial charge in [-0.3, -0.25) is 4.98 Å². The normalized spacial score (nSPS) is 10.0. The summed E-state index contributed by atoms with van der Waals surface area (Å²) in [4.78, 5) is 8.08.